The van der Waals surface area contributed by atoms with Crippen LogP contribution in [0.2, 0.25) is 0 Å². The summed E-state index contributed by atoms with van der Waals surface area (Å²) in [5.74, 6) is -0.535. The SMILES string of the molecule is CC1(C)OC[C@@H](CC2(S(=O)(=O)[O-])CC2)O1.CCCCOS(=O)(=O)C1(C[C@@H](O)CC)CC1.CCCCOS(=O)(=O)C1(C[C@@H](O)CCl)CC1.CCCCOS(=O)(=O)C1(C[C@@H](O)CO)CC1.CCCCOS(=O)(=O)C1(C[C@@H]2CO2)CC1.CCCCOS(=O)(=O)C1(C[C@@H]2COC(C)(C)O2)CC1.CCCCOS(=O)(=O)C1CC1.CC[C@H]1CO1.ClC[C@H]1CO1.[Na+]. The first kappa shape index (κ1) is 114. The van der Waals surface area contributed by atoms with Crippen LogP contribution < -0.4 is 29.6 Å². The molecule has 0 bridgehead atoms. The third-order valence-corrected chi connectivity index (χ3v) is 36.5. The van der Waals surface area contributed by atoms with Gasteiger partial charge in [-0.2, -0.15) is 50.5 Å². The van der Waals surface area contributed by atoms with Gasteiger partial charge in [0.25, 0.3) is 60.7 Å². The monoisotopic (exact) mass is 1900 g/mol. The molecule has 12 fully saturated rings. The Labute approximate surface area is 746 Å². The van der Waals surface area contributed by atoms with Gasteiger partial charge in [0, 0.05) is 5.88 Å². The maximum absolute atomic E-state index is 12.2. The van der Waals surface area contributed by atoms with E-state index in [0.717, 1.165) is 110 Å². The van der Waals surface area contributed by atoms with Gasteiger partial charge in [0.1, 0.15) is 33.9 Å². The van der Waals surface area contributed by atoms with E-state index in [-0.39, 0.29) is 105 Å². The molecule has 0 unspecified atom stereocenters. The van der Waals surface area contributed by atoms with Crippen molar-refractivity contribution in [1.82, 2.24) is 0 Å². The third-order valence-electron chi connectivity index (χ3n) is 21.8. The summed E-state index contributed by atoms with van der Waals surface area (Å²) >= 11 is 10.8. The Bertz CT molecular complexity index is 3560. The second kappa shape index (κ2) is 51.4. The van der Waals surface area contributed by atoms with Crippen molar-refractivity contribution in [3.8, 4) is 0 Å². The normalized spacial score (nSPS) is 25.1. The average Bonchev–Trinajstić information content (AvgIpc) is 1.56. The van der Waals surface area contributed by atoms with E-state index in [4.69, 9.17) is 86.6 Å². The molecular formula is C77H145Cl2NaO32S7. The number of hydrogen-bond acceptors (Lipinski definition) is 32. The fraction of sp³-hybridized carbons (Fsp3) is 1.00. The minimum atomic E-state index is -4.20. The molecule has 42 heteroatoms. The molecule has 0 spiro atoms. The van der Waals surface area contributed by atoms with Crippen LogP contribution in [0, 0.1) is 0 Å². The Kier molecular flexibility index (Phi) is 49.1. The fourth-order valence-corrected chi connectivity index (χ4v) is 22.8. The second-order valence-electron chi connectivity index (χ2n) is 33.8. The van der Waals surface area contributed by atoms with Gasteiger partial charge in [-0.3, -0.25) is 25.1 Å². The Hall–Kier alpha value is 0.510. The molecule has 119 heavy (non-hydrogen) atoms. The molecule has 5 heterocycles. The maximum Gasteiger partial charge on any atom is 1.00 e. The Balaban J connectivity index is 0.000000352. The third kappa shape index (κ3) is 40.0. The standard InChI is InChI=1S/C13H24O5S.C11H22O4S.C10H19ClO4S.C10H20O5S.C10H18O4S.C9H16O5S.C7H14O3S.C4H8O.C3H5ClO.Na/c1-4-5-8-17-19(14,15)13(6-7-13)9-11-10-16-12(2,3)18-11;1-3-5-8-15-16(13,14)11(6-7-11)9-10(12)4-2;2*1-2-3-6-15-16(13,14)10(4-5-10)7-9(12)8-11;1-2-3-6-14-15(11,12)10(4-5-10)7-9-8-13-9;1-8(2)13-6-7(14-8)5-9(3-4-9)15(10,11)12;1-2-3-6-10-11(8,9)7-4-5-7;1-2-4-3-5-4;4-1-3-2-5-3;/h11H,4-10H2,1-3H3;10,12H,3-9H2,1-2H3;9,12H,2-8H2,1H3;9,11-12H,2-8H2,1H3;9H,2-8H2,1H3;7H,3-6H2,1-2H3,(H,10,11,12);7H,2-6H2,1H3;4H,2-3H2,1H3;3H,1-2H2;/q;;;;;;;;;+1/p-1/t11-;10-;3*9-;7-;;4-;3-;/m101111.00./s1. The molecule has 5 aliphatic heterocycles. The molecule has 0 amide bonds. The van der Waals surface area contributed by atoms with Crippen molar-refractivity contribution < 1.29 is 172 Å². The quantitative estimate of drug-likeness (QED) is 0.0112. The largest absolute Gasteiger partial charge is 1.00 e. The van der Waals surface area contributed by atoms with Crippen molar-refractivity contribution in [2.75, 3.05) is 91.0 Å². The summed E-state index contributed by atoms with van der Waals surface area (Å²) in [6, 6.07) is 0. The Morgan fingerprint density at radius 1 is 0.387 bits per heavy atom. The summed E-state index contributed by atoms with van der Waals surface area (Å²) in [6.07, 6.45) is 21.0. The van der Waals surface area contributed by atoms with Crippen LogP contribution in [-0.2, 0) is 129 Å². The number of unbranched alkanes of at least 4 members (excludes halogenated alkanes) is 6. The van der Waals surface area contributed by atoms with Crippen molar-refractivity contribution >= 4 is 94.0 Å². The zero-order valence-electron chi connectivity index (χ0n) is 73.0. The Morgan fingerprint density at radius 2 is 0.664 bits per heavy atom. The number of hydrogen-bond donors (Lipinski definition) is 4. The number of halogens is 2. The summed E-state index contributed by atoms with van der Waals surface area (Å²) in [7, 11) is -24.8. The van der Waals surface area contributed by atoms with E-state index in [1.54, 1.807) is 13.8 Å². The topological polar surface area (TPSA) is 473 Å². The average molecular weight is 1900 g/mol. The smallest absolute Gasteiger partial charge is 0.748 e. The molecular weight excluding hydrogens is 1760 g/mol. The first-order valence-electron chi connectivity index (χ1n) is 42.6. The molecule has 12 rings (SSSR count). The summed E-state index contributed by atoms with van der Waals surface area (Å²) in [5, 5.41) is 36.8. The van der Waals surface area contributed by atoms with Crippen LogP contribution in [0.3, 0.4) is 0 Å². The number of alkyl halides is 2. The summed E-state index contributed by atoms with van der Waals surface area (Å²) in [6.45, 7) is 27.9. The van der Waals surface area contributed by atoms with E-state index in [9.17, 15) is 78.8 Å². The van der Waals surface area contributed by atoms with Crippen LogP contribution >= 0.6 is 23.2 Å². The number of epoxide rings is 3. The van der Waals surface area contributed by atoms with Crippen molar-refractivity contribution in [1.29, 1.82) is 0 Å². The number of ether oxygens (including phenoxy) is 7. The Morgan fingerprint density at radius 3 is 0.874 bits per heavy atom. The van der Waals surface area contributed by atoms with E-state index in [1.165, 1.54) is 6.42 Å². The molecule has 0 radical (unpaired) electrons. The molecule has 0 aromatic rings. The molecule has 702 valence electrons. The van der Waals surface area contributed by atoms with Gasteiger partial charge < -0.3 is 58.1 Å². The molecule has 4 N–H and O–H groups in total. The van der Waals surface area contributed by atoms with Gasteiger partial charge >= 0.3 is 29.6 Å². The van der Waals surface area contributed by atoms with Crippen molar-refractivity contribution in [2.45, 2.75) is 396 Å². The minimum absolute atomic E-state index is 0. The van der Waals surface area contributed by atoms with Gasteiger partial charge in [-0.25, -0.2) is 8.42 Å². The van der Waals surface area contributed by atoms with Gasteiger partial charge in [-0.05, 0) is 207 Å². The summed E-state index contributed by atoms with van der Waals surface area (Å²) < 4.78 is 236. The van der Waals surface area contributed by atoms with Gasteiger partial charge in [-0.15, -0.1) is 23.2 Å². The van der Waals surface area contributed by atoms with Crippen LogP contribution in [0.5, 0.6) is 0 Å². The van der Waals surface area contributed by atoms with E-state index in [1.807, 2.05) is 62.3 Å². The van der Waals surface area contributed by atoms with E-state index < -0.39 is 136 Å². The van der Waals surface area contributed by atoms with Crippen LogP contribution in [0.15, 0.2) is 0 Å². The molecule has 5 saturated heterocycles. The number of rotatable bonds is 48. The van der Waals surface area contributed by atoms with Crippen molar-refractivity contribution in [2.24, 2.45) is 0 Å². The van der Waals surface area contributed by atoms with E-state index in [2.05, 4.69) is 6.92 Å². The fourth-order valence-electron chi connectivity index (χ4n) is 12.3. The first-order valence-corrected chi connectivity index (χ1v) is 53.6. The van der Waals surface area contributed by atoms with Gasteiger partial charge in [0.05, 0.1) is 144 Å². The predicted molar refractivity (Wildman–Crippen MR) is 447 cm³/mol. The van der Waals surface area contributed by atoms with E-state index >= 15 is 0 Å². The van der Waals surface area contributed by atoms with Gasteiger partial charge in [0.2, 0.25) is 0 Å². The zero-order valence-corrected chi connectivity index (χ0v) is 82.2. The number of aliphatic hydroxyl groups is 4. The van der Waals surface area contributed by atoms with Crippen LogP contribution in [0.25, 0.3) is 0 Å². The first-order chi connectivity index (χ1) is 55.1. The van der Waals surface area contributed by atoms with Crippen LogP contribution in [0.1, 0.15) is 301 Å². The minimum Gasteiger partial charge on any atom is -0.748 e. The van der Waals surface area contributed by atoms with Gasteiger partial charge in [-0.1, -0.05) is 93.9 Å². The second-order valence-corrected chi connectivity index (χ2v) is 48.2. The molecule has 7 aliphatic carbocycles. The molecule has 8 atom stereocenters. The van der Waals surface area contributed by atoms with Crippen molar-refractivity contribution in [3.63, 3.8) is 0 Å². The van der Waals surface area contributed by atoms with Crippen LogP contribution in [-0.4, -0.2) is 269 Å². The molecule has 7 saturated carbocycles. The summed E-state index contributed by atoms with van der Waals surface area (Å²) in [5.41, 5.74) is 0. The maximum atomic E-state index is 12.2. The molecule has 32 nitrogen and oxygen atoms in total. The van der Waals surface area contributed by atoms with Gasteiger partial charge in [0.15, 0.2) is 11.6 Å². The van der Waals surface area contributed by atoms with Crippen molar-refractivity contribution in [3.05, 3.63) is 0 Å². The number of aliphatic hydroxyl groups excluding tert-OH is 4. The molecule has 0 aromatic heterocycles. The molecule has 0 aromatic carbocycles. The zero-order chi connectivity index (χ0) is 88.8. The molecule has 12 aliphatic rings. The van der Waals surface area contributed by atoms with E-state index in [0.29, 0.717) is 147 Å². The summed E-state index contributed by atoms with van der Waals surface area (Å²) in [4.78, 5) is 0. The predicted octanol–water partition coefficient (Wildman–Crippen LogP) is 7.88. The van der Waals surface area contributed by atoms with Crippen LogP contribution in [0.4, 0.5) is 0 Å².